The summed E-state index contributed by atoms with van der Waals surface area (Å²) in [5.41, 5.74) is 1.07. The van der Waals surface area contributed by atoms with Gasteiger partial charge in [-0.05, 0) is 48.4 Å². The number of hydrogen-bond acceptors (Lipinski definition) is 6. The van der Waals surface area contributed by atoms with Crippen LogP contribution in [-0.2, 0) is 18.4 Å². The van der Waals surface area contributed by atoms with Gasteiger partial charge in [-0.25, -0.2) is 14.0 Å². The number of halogens is 1. The Morgan fingerprint density at radius 3 is 2.70 bits per heavy atom. The molecule has 8 nitrogen and oxygen atoms in total. The zero-order valence-corrected chi connectivity index (χ0v) is 18.4. The quantitative estimate of drug-likeness (QED) is 0.529. The second-order valence-corrected chi connectivity index (χ2v) is 7.61. The Labute approximate surface area is 190 Å². The van der Waals surface area contributed by atoms with Gasteiger partial charge >= 0.3 is 5.69 Å². The molecular formula is C24H23FN4O4. The van der Waals surface area contributed by atoms with Gasteiger partial charge in [0, 0.05) is 26.2 Å². The number of aromatic nitrogens is 2. The number of benzene rings is 2. The number of anilines is 1. The Kier molecular flexibility index (Phi) is 6.56. The van der Waals surface area contributed by atoms with E-state index in [9.17, 15) is 9.18 Å². The Morgan fingerprint density at radius 2 is 1.97 bits per heavy atom. The van der Waals surface area contributed by atoms with E-state index < -0.39 is 5.69 Å². The van der Waals surface area contributed by atoms with E-state index in [-0.39, 0.29) is 18.3 Å². The van der Waals surface area contributed by atoms with Crippen molar-refractivity contribution in [2.75, 3.05) is 31.2 Å². The van der Waals surface area contributed by atoms with E-state index in [0.29, 0.717) is 54.9 Å². The van der Waals surface area contributed by atoms with Crippen LogP contribution >= 0.6 is 0 Å². The van der Waals surface area contributed by atoms with E-state index in [1.807, 2.05) is 0 Å². The van der Waals surface area contributed by atoms with Crippen LogP contribution in [0.1, 0.15) is 11.1 Å². The first-order valence-corrected chi connectivity index (χ1v) is 10.4. The van der Waals surface area contributed by atoms with Crippen LogP contribution in [0.2, 0.25) is 0 Å². The maximum atomic E-state index is 13.5. The monoisotopic (exact) mass is 450 g/mol. The lowest BCUT2D eigenvalue weighted by molar-refractivity contribution is 0.122. The number of aryl methyl sites for hydroxylation is 1. The van der Waals surface area contributed by atoms with Crippen molar-refractivity contribution in [3.8, 4) is 17.4 Å². The molecule has 0 spiro atoms. The minimum atomic E-state index is -0.408. The first-order valence-electron chi connectivity index (χ1n) is 10.4. The van der Waals surface area contributed by atoms with Gasteiger partial charge in [0.15, 0.2) is 0 Å². The van der Waals surface area contributed by atoms with Gasteiger partial charge in [0.2, 0.25) is 11.6 Å². The molecule has 2 heterocycles. The molecule has 1 fully saturated rings. The highest BCUT2D eigenvalue weighted by Gasteiger charge is 2.17. The summed E-state index contributed by atoms with van der Waals surface area (Å²) in [6.45, 7) is 11.8. The molecule has 0 N–H and O–H groups in total. The fraction of sp³-hybridized carbons (Fsp3) is 0.292. The second-order valence-electron chi connectivity index (χ2n) is 7.61. The van der Waals surface area contributed by atoms with E-state index in [1.165, 1.54) is 16.7 Å². The molecule has 1 aliphatic heterocycles. The summed E-state index contributed by atoms with van der Waals surface area (Å²) in [5, 5.41) is 0. The number of ether oxygens (including phenoxy) is 3. The summed E-state index contributed by atoms with van der Waals surface area (Å²) in [6.07, 6.45) is 0. The molecule has 170 valence electrons. The third kappa shape index (κ3) is 5.13. The smallest absolute Gasteiger partial charge is 0.352 e. The summed E-state index contributed by atoms with van der Waals surface area (Å²) in [4.78, 5) is 21.9. The van der Waals surface area contributed by atoms with Crippen molar-refractivity contribution in [3.63, 3.8) is 0 Å². The fourth-order valence-electron chi connectivity index (χ4n) is 3.47. The lowest BCUT2D eigenvalue weighted by atomic mass is 10.2. The highest BCUT2D eigenvalue weighted by atomic mass is 19.1. The number of morpholine rings is 1. The van der Waals surface area contributed by atoms with E-state index in [0.717, 1.165) is 5.56 Å². The normalized spacial score (nSPS) is 13.5. The Morgan fingerprint density at radius 1 is 1.18 bits per heavy atom. The van der Waals surface area contributed by atoms with Gasteiger partial charge in [-0.15, -0.1) is 0 Å². The predicted molar refractivity (Wildman–Crippen MR) is 121 cm³/mol. The van der Waals surface area contributed by atoms with Crippen LogP contribution in [0.15, 0.2) is 47.3 Å². The van der Waals surface area contributed by atoms with Gasteiger partial charge < -0.3 is 19.1 Å². The zero-order valence-electron chi connectivity index (χ0n) is 18.4. The molecule has 0 atom stereocenters. The molecule has 0 bridgehead atoms. The largest absolute Gasteiger partial charge is 0.473 e. The third-order valence-electron chi connectivity index (χ3n) is 5.31. The van der Waals surface area contributed by atoms with Crippen LogP contribution in [0, 0.1) is 19.3 Å². The highest BCUT2D eigenvalue weighted by Crippen LogP contribution is 2.33. The lowest BCUT2D eigenvalue weighted by Crippen LogP contribution is -2.39. The van der Waals surface area contributed by atoms with Crippen LogP contribution in [0.25, 0.3) is 4.85 Å². The van der Waals surface area contributed by atoms with Crippen LogP contribution in [0.4, 0.5) is 15.9 Å². The summed E-state index contributed by atoms with van der Waals surface area (Å²) < 4.78 is 31.9. The van der Waals surface area contributed by atoms with Crippen molar-refractivity contribution in [2.45, 2.75) is 13.5 Å². The lowest BCUT2D eigenvalue weighted by Gasteiger charge is -2.29. The molecule has 0 amide bonds. The van der Waals surface area contributed by atoms with Crippen molar-refractivity contribution in [2.24, 2.45) is 7.05 Å². The molecule has 1 saturated heterocycles. The number of hydrogen-bond donors (Lipinski definition) is 0. The van der Waals surface area contributed by atoms with Gasteiger partial charge in [0.1, 0.15) is 29.7 Å². The summed E-state index contributed by atoms with van der Waals surface area (Å²) >= 11 is 0. The summed E-state index contributed by atoms with van der Waals surface area (Å²) in [6, 6.07) is 11.2. The van der Waals surface area contributed by atoms with Crippen molar-refractivity contribution in [1.82, 2.24) is 9.55 Å². The van der Waals surface area contributed by atoms with Crippen molar-refractivity contribution in [3.05, 3.63) is 81.3 Å². The Hall–Kier alpha value is -3.90. The van der Waals surface area contributed by atoms with Gasteiger partial charge in [0.05, 0.1) is 19.8 Å². The first-order chi connectivity index (χ1) is 15.9. The molecule has 33 heavy (non-hydrogen) atoms. The molecular weight excluding hydrogens is 427 g/mol. The maximum Gasteiger partial charge on any atom is 0.352 e. The maximum absolute atomic E-state index is 13.5. The van der Waals surface area contributed by atoms with Gasteiger partial charge in [-0.3, -0.25) is 4.57 Å². The molecule has 3 aromatic rings. The van der Waals surface area contributed by atoms with E-state index >= 15 is 0 Å². The second kappa shape index (κ2) is 9.71. The summed E-state index contributed by atoms with van der Waals surface area (Å²) in [5.74, 6) is 1.42. The topological polar surface area (TPSA) is 70.2 Å². The molecule has 0 aliphatic carbocycles. The minimum Gasteiger partial charge on any atom is -0.473 e. The third-order valence-corrected chi connectivity index (χ3v) is 5.31. The molecule has 2 aromatic carbocycles. The molecule has 0 unspecified atom stereocenters. The van der Waals surface area contributed by atoms with Crippen molar-refractivity contribution in [1.29, 1.82) is 0 Å². The molecule has 1 aliphatic rings. The molecule has 4 rings (SSSR count). The van der Waals surface area contributed by atoms with Crippen LogP contribution in [0.5, 0.6) is 17.4 Å². The standard InChI is InChI=1S/C24H23FN4O4/c1-16-12-18(5-6-19(16)25)33-21-7-4-17(13-20(21)26-2)15-32-22-14-23(28(3)24(30)27-22)29-8-10-31-11-9-29/h4-7,12-14H,8-11,15H2,1,3H3. The number of rotatable bonds is 6. The minimum absolute atomic E-state index is 0.126. The van der Waals surface area contributed by atoms with Crippen molar-refractivity contribution < 1.29 is 18.6 Å². The zero-order chi connectivity index (χ0) is 23.4. The molecule has 1 aromatic heterocycles. The average molecular weight is 450 g/mol. The van der Waals surface area contributed by atoms with Gasteiger partial charge in [0.25, 0.3) is 0 Å². The Balaban J connectivity index is 1.49. The average Bonchev–Trinajstić information content (AvgIpc) is 2.83. The van der Waals surface area contributed by atoms with Crippen LogP contribution in [-0.4, -0.2) is 35.9 Å². The van der Waals surface area contributed by atoms with Crippen LogP contribution < -0.4 is 20.1 Å². The molecule has 0 saturated carbocycles. The van der Waals surface area contributed by atoms with E-state index in [2.05, 4.69) is 14.7 Å². The predicted octanol–water partition coefficient (Wildman–Crippen LogP) is 3.99. The van der Waals surface area contributed by atoms with Gasteiger partial charge in [-0.2, -0.15) is 4.98 Å². The molecule has 9 heteroatoms. The Bertz CT molecular complexity index is 1260. The molecule has 0 radical (unpaired) electrons. The van der Waals surface area contributed by atoms with E-state index in [4.69, 9.17) is 20.8 Å². The summed E-state index contributed by atoms with van der Waals surface area (Å²) in [7, 11) is 1.67. The SMILES string of the molecule is [C-]#[N+]c1cc(COc2cc(N3CCOCC3)n(C)c(=O)n2)ccc1Oc1ccc(F)c(C)c1. The van der Waals surface area contributed by atoms with Crippen molar-refractivity contribution >= 4 is 11.5 Å². The highest BCUT2D eigenvalue weighted by molar-refractivity contribution is 5.60. The number of nitrogens with zero attached hydrogens (tertiary/aromatic N) is 4. The van der Waals surface area contributed by atoms with Crippen LogP contribution in [0.3, 0.4) is 0 Å². The van der Waals surface area contributed by atoms with E-state index in [1.54, 1.807) is 44.3 Å². The fourth-order valence-corrected chi connectivity index (χ4v) is 3.47. The van der Waals surface area contributed by atoms with Gasteiger partial charge in [-0.1, -0.05) is 6.07 Å². The first kappa shape index (κ1) is 22.3.